The van der Waals surface area contributed by atoms with Crippen LogP contribution in [-0.4, -0.2) is 16.8 Å². The van der Waals surface area contributed by atoms with Crippen LogP contribution in [0.2, 0.25) is 0 Å². The molecule has 5 rings (SSSR count). The molecule has 0 amide bonds. The molecule has 3 nitrogen and oxygen atoms in total. The van der Waals surface area contributed by atoms with Gasteiger partial charge in [0.2, 0.25) is 0 Å². The monoisotopic (exact) mass is 430 g/mol. The number of aliphatic carboxylic acids is 1. The number of hydrogen-bond acceptors (Lipinski definition) is 3. The predicted octanol–water partition coefficient (Wildman–Crippen LogP) is 6.70. The van der Waals surface area contributed by atoms with Gasteiger partial charge in [0.25, 0.3) is 0 Å². The van der Waals surface area contributed by atoms with E-state index in [0.717, 1.165) is 34.8 Å². The maximum atomic E-state index is 11.1. The Morgan fingerprint density at radius 2 is 1.84 bits per heavy atom. The molecule has 1 aliphatic heterocycles. The molecule has 4 heteroatoms. The van der Waals surface area contributed by atoms with Gasteiger partial charge in [-0.25, -0.2) is 0 Å². The van der Waals surface area contributed by atoms with Crippen molar-refractivity contribution >= 4 is 17.7 Å². The molecule has 31 heavy (non-hydrogen) atoms. The van der Waals surface area contributed by atoms with Gasteiger partial charge < -0.3 is 9.84 Å². The average molecular weight is 431 g/mol. The maximum Gasteiger partial charge on any atom is 0.303 e. The molecule has 2 aliphatic rings. The van der Waals surface area contributed by atoms with Crippen LogP contribution in [0.15, 0.2) is 59.5 Å². The summed E-state index contributed by atoms with van der Waals surface area (Å²) in [5, 5.41) is 9.14. The van der Waals surface area contributed by atoms with Crippen LogP contribution in [0, 0.1) is 13.8 Å². The van der Waals surface area contributed by atoms with E-state index in [-0.39, 0.29) is 18.4 Å². The highest BCUT2D eigenvalue weighted by Crippen LogP contribution is 2.45. The first-order valence-electron chi connectivity index (χ1n) is 10.8. The second-order valence-electron chi connectivity index (χ2n) is 8.59. The number of aryl methyl sites for hydroxylation is 2. The molecule has 3 aromatic carbocycles. The van der Waals surface area contributed by atoms with E-state index in [9.17, 15) is 4.79 Å². The van der Waals surface area contributed by atoms with Crippen LogP contribution < -0.4 is 4.74 Å². The highest BCUT2D eigenvalue weighted by Gasteiger charge is 2.29. The van der Waals surface area contributed by atoms with Gasteiger partial charge in [-0.1, -0.05) is 42.5 Å². The zero-order valence-electron chi connectivity index (χ0n) is 17.9. The zero-order valence-corrected chi connectivity index (χ0v) is 18.7. The van der Waals surface area contributed by atoms with Crippen molar-refractivity contribution in [3.63, 3.8) is 0 Å². The minimum absolute atomic E-state index is 0.0542. The molecular weight excluding hydrogens is 404 g/mol. The van der Waals surface area contributed by atoms with E-state index in [4.69, 9.17) is 9.84 Å². The minimum atomic E-state index is -0.735. The molecule has 1 aliphatic carbocycles. The molecule has 3 aromatic rings. The first kappa shape index (κ1) is 20.2. The summed E-state index contributed by atoms with van der Waals surface area (Å²) >= 11 is 1.74. The van der Waals surface area contributed by atoms with Gasteiger partial charge in [-0.3, -0.25) is 4.79 Å². The number of rotatable bonds is 5. The molecule has 0 fully saturated rings. The number of carbonyl (C=O) groups is 1. The van der Waals surface area contributed by atoms with Crippen molar-refractivity contribution in [2.75, 3.05) is 5.75 Å². The number of benzene rings is 3. The summed E-state index contributed by atoms with van der Waals surface area (Å²) in [4.78, 5) is 12.3. The summed E-state index contributed by atoms with van der Waals surface area (Å²) in [7, 11) is 0. The van der Waals surface area contributed by atoms with Crippen molar-refractivity contribution in [1.29, 1.82) is 0 Å². The lowest BCUT2D eigenvalue weighted by molar-refractivity contribution is -0.137. The first-order valence-corrected chi connectivity index (χ1v) is 11.8. The summed E-state index contributed by atoms with van der Waals surface area (Å²) < 4.78 is 6.47. The fourth-order valence-corrected chi connectivity index (χ4v) is 6.37. The fourth-order valence-electron chi connectivity index (χ4n) is 5.09. The molecule has 0 bridgehead atoms. The minimum Gasteiger partial charge on any atom is -0.486 e. The van der Waals surface area contributed by atoms with Crippen LogP contribution in [0.5, 0.6) is 5.75 Å². The number of ether oxygens (including phenoxy) is 1. The Balaban J connectivity index is 1.42. The smallest absolute Gasteiger partial charge is 0.303 e. The molecule has 2 unspecified atom stereocenters. The largest absolute Gasteiger partial charge is 0.486 e. The van der Waals surface area contributed by atoms with Gasteiger partial charge in [0.1, 0.15) is 11.9 Å². The molecule has 0 saturated heterocycles. The van der Waals surface area contributed by atoms with E-state index >= 15 is 0 Å². The predicted molar refractivity (Wildman–Crippen MR) is 125 cm³/mol. The molecule has 0 saturated carbocycles. The number of fused-ring (bicyclic) bond motifs is 2. The highest BCUT2D eigenvalue weighted by molar-refractivity contribution is 7.99. The van der Waals surface area contributed by atoms with Gasteiger partial charge in [0.15, 0.2) is 0 Å². The third-order valence-electron chi connectivity index (χ3n) is 6.53. The Morgan fingerprint density at radius 1 is 1.06 bits per heavy atom. The highest BCUT2D eigenvalue weighted by atomic mass is 32.2. The standard InChI is InChI=1S/C27H26O3S/c1-16-5-3-6-17(2)27(16)23-8-4-7-22-21(23)11-12-24(22)30-19-9-10-20-18(13-26(28)29)15-31-25(20)14-19/h3-10,14,18,24H,11-13,15H2,1-2H3,(H,28,29). The summed E-state index contributed by atoms with van der Waals surface area (Å²) in [6.45, 7) is 4.37. The van der Waals surface area contributed by atoms with E-state index < -0.39 is 5.97 Å². The summed E-state index contributed by atoms with van der Waals surface area (Å²) in [6.07, 6.45) is 2.24. The van der Waals surface area contributed by atoms with Crippen molar-refractivity contribution in [2.24, 2.45) is 0 Å². The molecule has 0 radical (unpaired) electrons. The van der Waals surface area contributed by atoms with Crippen molar-refractivity contribution in [2.45, 2.75) is 50.0 Å². The lowest BCUT2D eigenvalue weighted by atomic mass is 9.91. The average Bonchev–Trinajstić information content (AvgIpc) is 3.32. The maximum absolute atomic E-state index is 11.1. The zero-order chi connectivity index (χ0) is 21.5. The Hall–Kier alpha value is -2.72. The van der Waals surface area contributed by atoms with E-state index in [1.54, 1.807) is 11.8 Å². The molecule has 2 atom stereocenters. The quantitative estimate of drug-likeness (QED) is 0.489. The van der Waals surface area contributed by atoms with Crippen LogP contribution in [0.4, 0.5) is 0 Å². The fraction of sp³-hybridized carbons (Fsp3) is 0.296. The summed E-state index contributed by atoms with van der Waals surface area (Å²) in [6, 6.07) is 19.2. The topological polar surface area (TPSA) is 46.5 Å². The van der Waals surface area contributed by atoms with Crippen LogP contribution in [0.25, 0.3) is 11.1 Å². The SMILES string of the molecule is Cc1cccc(C)c1-c1cccc2c1CCC2Oc1ccc2c(c1)SCC2CC(=O)O. The summed E-state index contributed by atoms with van der Waals surface area (Å²) in [5.74, 6) is 1.06. The number of thioether (sulfide) groups is 1. The normalized spacial score (nSPS) is 19.2. The lowest BCUT2D eigenvalue weighted by Gasteiger charge is -2.18. The third-order valence-corrected chi connectivity index (χ3v) is 7.76. The number of carboxylic acid groups (broad SMARTS) is 1. The van der Waals surface area contributed by atoms with Gasteiger partial charge in [0.05, 0.1) is 6.42 Å². The van der Waals surface area contributed by atoms with Crippen molar-refractivity contribution in [3.8, 4) is 16.9 Å². The molecule has 0 spiro atoms. The third kappa shape index (κ3) is 3.74. The van der Waals surface area contributed by atoms with Crippen LogP contribution in [0.3, 0.4) is 0 Å². The Bertz CT molecular complexity index is 1150. The van der Waals surface area contributed by atoms with E-state index in [1.807, 2.05) is 6.07 Å². The molecular formula is C27H26O3S. The van der Waals surface area contributed by atoms with Gasteiger partial charge in [-0.2, -0.15) is 0 Å². The molecule has 1 N–H and O–H groups in total. The van der Waals surface area contributed by atoms with Gasteiger partial charge >= 0.3 is 5.97 Å². The molecule has 1 heterocycles. The van der Waals surface area contributed by atoms with Crippen molar-refractivity contribution < 1.29 is 14.6 Å². The lowest BCUT2D eigenvalue weighted by Crippen LogP contribution is -2.06. The second-order valence-corrected chi connectivity index (χ2v) is 9.65. The van der Waals surface area contributed by atoms with Gasteiger partial charge in [-0.05, 0) is 77.8 Å². The molecule has 0 aromatic heterocycles. The Labute approximate surface area is 187 Å². The number of carboxylic acids is 1. The number of hydrogen-bond donors (Lipinski definition) is 1. The van der Waals surface area contributed by atoms with Crippen LogP contribution in [-0.2, 0) is 11.2 Å². The van der Waals surface area contributed by atoms with Crippen LogP contribution >= 0.6 is 11.8 Å². The van der Waals surface area contributed by atoms with Gasteiger partial charge in [0, 0.05) is 16.6 Å². The summed E-state index contributed by atoms with van der Waals surface area (Å²) in [5.41, 5.74) is 9.13. The Kier molecular flexibility index (Phi) is 5.27. The van der Waals surface area contributed by atoms with Crippen molar-refractivity contribution in [3.05, 3.63) is 82.4 Å². The van der Waals surface area contributed by atoms with E-state index in [0.29, 0.717) is 0 Å². The first-order chi connectivity index (χ1) is 15.0. The van der Waals surface area contributed by atoms with Gasteiger partial charge in [-0.15, -0.1) is 11.8 Å². The van der Waals surface area contributed by atoms with E-state index in [2.05, 4.69) is 62.4 Å². The molecule has 158 valence electrons. The van der Waals surface area contributed by atoms with E-state index in [1.165, 1.54) is 33.4 Å². The van der Waals surface area contributed by atoms with Crippen LogP contribution in [0.1, 0.15) is 52.7 Å². The second kappa shape index (κ2) is 8.08. The van der Waals surface area contributed by atoms with Crippen molar-refractivity contribution in [1.82, 2.24) is 0 Å². The Morgan fingerprint density at radius 3 is 2.61 bits per heavy atom.